The first-order chi connectivity index (χ1) is 15.1. The summed E-state index contributed by atoms with van der Waals surface area (Å²) in [5.74, 6) is -1.13. The molecular formula is C26H31N3O3. The lowest BCUT2D eigenvalue weighted by atomic mass is 9.87. The summed E-state index contributed by atoms with van der Waals surface area (Å²) >= 11 is 0. The first-order valence-corrected chi connectivity index (χ1v) is 11.3. The number of amides is 4. The Balaban J connectivity index is 1.69. The van der Waals surface area contributed by atoms with Crippen molar-refractivity contribution in [1.29, 1.82) is 0 Å². The molecule has 32 heavy (non-hydrogen) atoms. The van der Waals surface area contributed by atoms with Crippen LogP contribution in [0.3, 0.4) is 0 Å². The third-order valence-corrected chi connectivity index (χ3v) is 6.58. The monoisotopic (exact) mass is 433 g/mol. The molecule has 2 aromatic rings. The van der Waals surface area contributed by atoms with Gasteiger partial charge >= 0.3 is 6.03 Å². The van der Waals surface area contributed by atoms with Crippen molar-refractivity contribution in [1.82, 2.24) is 14.8 Å². The lowest BCUT2D eigenvalue weighted by Gasteiger charge is -2.31. The number of nitrogens with zero attached hydrogens (tertiary/aromatic N) is 2. The standard InChI is InChI=1S/C26H31N3O3/c1-16-14-18(17(2)28(16)21-12-10-19(11-13-21)26(3,4)5)15-22-23(30)27-25(32)29(24(22)31)20-8-6-7-9-20/h10-15,20H,6-9H2,1-5H3,(H,27,30,32)/b22-15+. The molecule has 0 atom stereocenters. The van der Waals surface area contributed by atoms with E-state index in [1.54, 1.807) is 6.08 Å². The maximum Gasteiger partial charge on any atom is 0.331 e. The van der Waals surface area contributed by atoms with E-state index in [1.165, 1.54) is 10.5 Å². The lowest BCUT2D eigenvalue weighted by molar-refractivity contribution is -0.131. The molecule has 2 heterocycles. The quantitative estimate of drug-likeness (QED) is 0.558. The van der Waals surface area contributed by atoms with Crippen molar-refractivity contribution < 1.29 is 14.4 Å². The van der Waals surface area contributed by atoms with Gasteiger partial charge in [0.2, 0.25) is 0 Å². The first kappa shape index (κ1) is 22.1. The van der Waals surface area contributed by atoms with E-state index in [4.69, 9.17) is 0 Å². The minimum absolute atomic E-state index is 0.0137. The average Bonchev–Trinajstić information content (AvgIpc) is 3.33. The number of rotatable bonds is 3. The van der Waals surface area contributed by atoms with Gasteiger partial charge in [-0.1, -0.05) is 45.7 Å². The number of aryl methyl sites for hydroxylation is 1. The number of carbonyl (C=O) groups is 3. The predicted octanol–water partition coefficient (Wildman–Crippen LogP) is 4.80. The summed E-state index contributed by atoms with van der Waals surface area (Å²) in [6.07, 6.45) is 5.18. The molecule has 2 fully saturated rings. The number of urea groups is 1. The molecule has 0 bridgehead atoms. The lowest BCUT2D eigenvalue weighted by Crippen LogP contribution is -2.57. The second-order valence-electron chi connectivity index (χ2n) is 9.89. The van der Waals surface area contributed by atoms with Gasteiger partial charge in [-0.05, 0) is 67.5 Å². The third kappa shape index (κ3) is 3.90. The molecule has 1 aliphatic carbocycles. The molecular weight excluding hydrogens is 402 g/mol. The van der Waals surface area contributed by atoms with Crippen molar-refractivity contribution in [2.24, 2.45) is 0 Å². The van der Waals surface area contributed by atoms with Crippen molar-refractivity contribution >= 4 is 23.9 Å². The highest BCUT2D eigenvalue weighted by atomic mass is 16.2. The number of nitrogens with one attached hydrogen (secondary N) is 1. The largest absolute Gasteiger partial charge is 0.331 e. The van der Waals surface area contributed by atoms with Gasteiger partial charge in [-0.2, -0.15) is 0 Å². The SMILES string of the molecule is Cc1cc(/C=C2\C(=O)NC(=O)N(C3CCCC3)C2=O)c(C)n1-c1ccc(C(C)(C)C)cc1. The summed E-state index contributed by atoms with van der Waals surface area (Å²) in [6.45, 7) is 10.5. The van der Waals surface area contributed by atoms with E-state index < -0.39 is 17.8 Å². The molecule has 1 aromatic carbocycles. The number of carbonyl (C=O) groups excluding carboxylic acids is 3. The molecule has 0 unspecified atom stereocenters. The van der Waals surface area contributed by atoms with Crippen molar-refractivity contribution in [3.8, 4) is 5.69 Å². The number of hydrogen-bond donors (Lipinski definition) is 1. The van der Waals surface area contributed by atoms with Gasteiger partial charge in [0.15, 0.2) is 0 Å². The van der Waals surface area contributed by atoms with Gasteiger partial charge in [-0.15, -0.1) is 0 Å². The molecule has 4 amide bonds. The zero-order valence-electron chi connectivity index (χ0n) is 19.5. The van der Waals surface area contributed by atoms with Crippen LogP contribution >= 0.6 is 0 Å². The van der Waals surface area contributed by atoms with Crippen molar-refractivity contribution in [3.63, 3.8) is 0 Å². The fraction of sp³-hybridized carbons (Fsp3) is 0.423. The highest BCUT2D eigenvalue weighted by Gasteiger charge is 2.40. The van der Waals surface area contributed by atoms with E-state index in [1.807, 2.05) is 19.9 Å². The number of imide groups is 2. The van der Waals surface area contributed by atoms with Crippen LogP contribution in [0.15, 0.2) is 35.9 Å². The fourth-order valence-corrected chi connectivity index (χ4v) is 4.76. The van der Waals surface area contributed by atoms with E-state index in [9.17, 15) is 14.4 Å². The summed E-state index contributed by atoms with van der Waals surface area (Å²) in [7, 11) is 0. The van der Waals surface area contributed by atoms with Gasteiger partial charge < -0.3 is 4.57 Å². The number of barbiturate groups is 1. The van der Waals surface area contributed by atoms with E-state index in [-0.39, 0.29) is 17.0 Å². The van der Waals surface area contributed by atoms with E-state index in [2.05, 4.69) is 54.9 Å². The van der Waals surface area contributed by atoms with Crippen molar-refractivity contribution in [2.45, 2.75) is 71.8 Å². The molecule has 1 aliphatic heterocycles. The number of benzene rings is 1. The Hall–Kier alpha value is -3.15. The van der Waals surface area contributed by atoms with Crippen LogP contribution < -0.4 is 5.32 Å². The fourth-order valence-electron chi connectivity index (χ4n) is 4.76. The van der Waals surface area contributed by atoms with Crippen LogP contribution in [0.25, 0.3) is 11.8 Å². The Kier molecular flexibility index (Phi) is 5.57. The third-order valence-electron chi connectivity index (χ3n) is 6.58. The summed E-state index contributed by atoms with van der Waals surface area (Å²) in [4.78, 5) is 39.2. The first-order valence-electron chi connectivity index (χ1n) is 11.3. The van der Waals surface area contributed by atoms with Gasteiger partial charge in [0.25, 0.3) is 11.8 Å². The van der Waals surface area contributed by atoms with E-state index in [0.717, 1.165) is 48.3 Å². The summed E-state index contributed by atoms with van der Waals surface area (Å²) < 4.78 is 2.12. The smallest absolute Gasteiger partial charge is 0.318 e. The van der Waals surface area contributed by atoms with Crippen LogP contribution in [0, 0.1) is 13.8 Å². The van der Waals surface area contributed by atoms with Crippen molar-refractivity contribution in [3.05, 3.63) is 58.4 Å². The minimum atomic E-state index is -0.631. The molecule has 6 nitrogen and oxygen atoms in total. The van der Waals surface area contributed by atoms with Crippen LogP contribution in [0.4, 0.5) is 4.79 Å². The van der Waals surface area contributed by atoms with Gasteiger partial charge in [0.1, 0.15) is 5.57 Å². The Bertz CT molecular complexity index is 1110. The van der Waals surface area contributed by atoms with Gasteiger partial charge in [0, 0.05) is 23.1 Å². The molecule has 0 spiro atoms. The molecule has 4 rings (SSSR count). The molecule has 1 aromatic heterocycles. The predicted molar refractivity (Wildman–Crippen MR) is 125 cm³/mol. The van der Waals surface area contributed by atoms with Crippen LogP contribution in [0.5, 0.6) is 0 Å². The van der Waals surface area contributed by atoms with Crippen LogP contribution in [0.2, 0.25) is 0 Å². The van der Waals surface area contributed by atoms with Gasteiger partial charge in [0.05, 0.1) is 0 Å². The molecule has 6 heteroatoms. The van der Waals surface area contributed by atoms with E-state index in [0.29, 0.717) is 0 Å². The maximum atomic E-state index is 13.1. The van der Waals surface area contributed by atoms with Gasteiger partial charge in [-0.25, -0.2) is 4.79 Å². The second kappa shape index (κ2) is 8.08. The summed E-state index contributed by atoms with van der Waals surface area (Å²) in [5, 5.41) is 2.35. The Morgan fingerprint density at radius 3 is 2.22 bits per heavy atom. The summed E-state index contributed by atoms with van der Waals surface area (Å²) in [5.41, 5.74) is 5.11. The Labute approximate surface area is 189 Å². The van der Waals surface area contributed by atoms with Crippen LogP contribution in [-0.2, 0) is 15.0 Å². The minimum Gasteiger partial charge on any atom is -0.318 e. The second-order valence-corrected chi connectivity index (χ2v) is 9.89. The number of aromatic nitrogens is 1. The van der Waals surface area contributed by atoms with Crippen LogP contribution in [-0.4, -0.2) is 33.4 Å². The molecule has 1 N–H and O–H groups in total. The van der Waals surface area contributed by atoms with E-state index >= 15 is 0 Å². The highest BCUT2D eigenvalue weighted by molar-refractivity contribution is 6.31. The molecule has 0 radical (unpaired) electrons. The van der Waals surface area contributed by atoms with Crippen molar-refractivity contribution in [2.75, 3.05) is 0 Å². The zero-order chi connectivity index (χ0) is 23.2. The molecule has 1 saturated heterocycles. The average molecular weight is 434 g/mol. The maximum absolute atomic E-state index is 13.1. The van der Waals surface area contributed by atoms with Crippen LogP contribution in [0.1, 0.15) is 69.0 Å². The summed E-state index contributed by atoms with van der Waals surface area (Å²) in [6, 6.07) is 9.69. The topological polar surface area (TPSA) is 71.4 Å². The molecule has 168 valence electrons. The number of hydrogen-bond acceptors (Lipinski definition) is 3. The normalized spacial score (nSPS) is 19.2. The zero-order valence-corrected chi connectivity index (χ0v) is 19.5. The molecule has 2 aliphatic rings. The van der Waals surface area contributed by atoms with Gasteiger partial charge in [-0.3, -0.25) is 19.8 Å². The highest BCUT2D eigenvalue weighted by Crippen LogP contribution is 2.29. The Morgan fingerprint density at radius 2 is 1.62 bits per heavy atom. The molecule has 1 saturated carbocycles. The Morgan fingerprint density at radius 1 is 1.00 bits per heavy atom.